The minimum absolute atomic E-state index is 0.860. The molecule has 0 saturated heterocycles. The maximum absolute atomic E-state index is 4.44. The second kappa shape index (κ2) is 11.0. The molecule has 2 heteroatoms. The zero-order valence-corrected chi connectivity index (χ0v) is 21.7. The van der Waals surface area contributed by atoms with E-state index < -0.39 is 0 Å². The van der Waals surface area contributed by atoms with Crippen LogP contribution in [0.2, 0.25) is 0 Å². The quantitative estimate of drug-likeness (QED) is 0.237. The Balaban J connectivity index is 1.69. The molecule has 0 N–H and O–H groups in total. The first kappa shape index (κ1) is 24.8. The van der Waals surface area contributed by atoms with Crippen LogP contribution >= 0.6 is 0 Å². The van der Waals surface area contributed by atoms with Gasteiger partial charge in [0.15, 0.2) is 0 Å². The minimum Gasteiger partial charge on any atom is -0.311 e. The van der Waals surface area contributed by atoms with E-state index in [1.54, 1.807) is 0 Å². The molecule has 0 aliphatic rings. The van der Waals surface area contributed by atoms with E-state index >= 15 is 0 Å². The third-order valence-electron chi connectivity index (χ3n) is 6.15. The molecule has 4 aromatic carbocycles. The third-order valence-corrected chi connectivity index (χ3v) is 6.15. The van der Waals surface area contributed by atoms with Crippen molar-refractivity contribution in [3.63, 3.8) is 0 Å². The zero-order valence-electron chi connectivity index (χ0n) is 21.7. The highest BCUT2D eigenvalue weighted by atomic mass is 15.2. The van der Waals surface area contributed by atoms with Crippen molar-refractivity contribution in [2.24, 2.45) is 0 Å². The molecule has 0 aliphatic carbocycles. The van der Waals surface area contributed by atoms with Gasteiger partial charge in [-0.3, -0.25) is 0 Å². The SMILES string of the molecule is C=C(/C=C\C(=C)N(c1ccc(C)cc1)c1cccc(C)c1)N(c1ccc(C)cc1)c1cccc(C)c1. The number of aryl methyl sites for hydroxylation is 4. The van der Waals surface area contributed by atoms with Gasteiger partial charge in [-0.2, -0.15) is 0 Å². The molecule has 0 radical (unpaired) electrons. The second-order valence-corrected chi connectivity index (χ2v) is 9.34. The van der Waals surface area contributed by atoms with E-state index in [1.165, 1.54) is 22.3 Å². The van der Waals surface area contributed by atoms with E-state index in [4.69, 9.17) is 0 Å². The molecule has 0 aliphatic heterocycles. The molecule has 4 aromatic rings. The fourth-order valence-corrected chi connectivity index (χ4v) is 4.22. The molecular weight excluding hydrogens is 436 g/mol. The molecule has 0 fully saturated rings. The zero-order chi connectivity index (χ0) is 25.7. The normalized spacial score (nSPS) is 10.9. The van der Waals surface area contributed by atoms with Gasteiger partial charge < -0.3 is 9.80 Å². The lowest BCUT2D eigenvalue weighted by Crippen LogP contribution is -2.16. The largest absolute Gasteiger partial charge is 0.311 e. The van der Waals surface area contributed by atoms with E-state index in [9.17, 15) is 0 Å². The lowest BCUT2D eigenvalue weighted by molar-refractivity contribution is 1.18. The number of hydrogen-bond acceptors (Lipinski definition) is 2. The van der Waals surface area contributed by atoms with Crippen LogP contribution in [-0.4, -0.2) is 0 Å². The Hall–Kier alpha value is -4.30. The molecule has 180 valence electrons. The lowest BCUT2D eigenvalue weighted by Gasteiger charge is -2.28. The second-order valence-electron chi connectivity index (χ2n) is 9.34. The number of nitrogens with zero attached hydrogens (tertiary/aromatic N) is 2. The van der Waals surface area contributed by atoms with Crippen molar-refractivity contribution in [2.45, 2.75) is 27.7 Å². The van der Waals surface area contributed by atoms with Gasteiger partial charge in [-0.1, -0.05) is 72.8 Å². The summed E-state index contributed by atoms with van der Waals surface area (Å²) < 4.78 is 0. The molecule has 0 atom stereocenters. The van der Waals surface area contributed by atoms with Crippen LogP contribution in [0.25, 0.3) is 0 Å². The molecular formula is C34H34N2. The molecule has 36 heavy (non-hydrogen) atoms. The topological polar surface area (TPSA) is 6.48 Å². The highest BCUT2D eigenvalue weighted by Gasteiger charge is 2.14. The Morgan fingerprint density at radius 2 is 0.833 bits per heavy atom. The van der Waals surface area contributed by atoms with Crippen molar-refractivity contribution in [3.8, 4) is 0 Å². The van der Waals surface area contributed by atoms with Crippen LogP contribution in [0.1, 0.15) is 22.3 Å². The predicted octanol–water partition coefficient (Wildman–Crippen LogP) is 9.48. The smallest absolute Gasteiger partial charge is 0.0463 e. The minimum atomic E-state index is 0.860. The number of allylic oxidation sites excluding steroid dienone is 2. The molecule has 0 spiro atoms. The summed E-state index contributed by atoms with van der Waals surface area (Å²) in [4.78, 5) is 4.36. The fraction of sp³-hybridized carbons (Fsp3) is 0.118. The van der Waals surface area contributed by atoms with Gasteiger partial charge in [0, 0.05) is 34.1 Å². The summed E-state index contributed by atoms with van der Waals surface area (Å²) in [6, 6.07) is 34.0. The van der Waals surface area contributed by atoms with Gasteiger partial charge in [0.25, 0.3) is 0 Å². The highest BCUT2D eigenvalue weighted by Crippen LogP contribution is 2.33. The first-order valence-electron chi connectivity index (χ1n) is 12.2. The van der Waals surface area contributed by atoms with Gasteiger partial charge in [-0.15, -0.1) is 0 Å². The Bertz CT molecular complexity index is 1280. The Kier molecular flexibility index (Phi) is 7.56. The maximum atomic E-state index is 4.44. The Labute approximate surface area is 216 Å². The third kappa shape index (κ3) is 5.84. The van der Waals surface area contributed by atoms with Gasteiger partial charge in [0.2, 0.25) is 0 Å². The molecule has 0 bridgehead atoms. The average molecular weight is 471 g/mol. The summed E-state index contributed by atoms with van der Waals surface area (Å²) in [5, 5.41) is 0. The number of rotatable bonds is 8. The van der Waals surface area contributed by atoms with Crippen LogP contribution in [0, 0.1) is 27.7 Å². The van der Waals surface area contributed by atoms with Gasteiger partial charge in [0.1, 0.15) is 0 Å². The number of benzene rings is 4. The van der Waals surface area contributed by atoms with Gasteiger partial charge in [-0.25, -0.2) is 0 Å². The van der Waals surface area contributed by atoms with Crippen molar-refractivity contribution in [1.82, 2.24) is 0 Å². The van der Waals surface area contributed by atoms with Crippen molar-refractivity contribution in [3.05, 3.63) is 156 Å². The summed E-state index contributed by atoms with van der Waals surface area (Å²) in [6.45, 7) is 17.3. The molecule has 0 saturated carbocycles. The predicted molar refractivity (Wildman–Crippen MR) is 156 cm³/mol. The van der Waals surface area contributed by atoms with Crippen molar-refractivity contribution >= 4 is 22.7 Å². The first-order chi connectivity index (χ1) is 17.3. The molecule has 0 unspecified atom stereocenters. The summed E-state index contributed by atoms with van der Waals surface area (Å²) in [5.74, 6) is 0. The maximum Gasteiger partial charge on any atom is 0.0463 e. The van der Waals surface area contributed by atoms with Crippen LogP contribution in [0.5, 0.6) is 0 Å². The van der Waals surface area contributed by atoms with Crippen LogP contribution in [0.15, 0.2) is 134 Å². The van der Waals surface area contributed by atoms with Crippen molar-refractivity contribution < 1.29 is 0 Å². The Morgan fingerprint density at radius 1 is 0.472 bits per heavy atom. The van der Waals surface area contributed by atoms with E-state index in [1.807, 2.05) is 12.2 Å². The molecule has 0 aromatic heterocycles. The first-order valence-corrected chi connectivity index (χ1v) is 12.2. The van der Waals surface area contributed by atoms with Crippen LogP contribution in [0.4, 0.5) is 22.7 Å². The lowest BCUT2D eigenvalue weighted by atomic mass is 10.1. The molecule has 0 amide bonds. The standard InChI is InChI=1S/C34H34N2/c1-25-13-19-31(20-14-25)35(33-11-7-9-27(3)23-33)29(5)17-18-30(6)36(32-21-15-26(2)16-22-32)34-12-8-10-28(4)24-34/h7-24H,5-6H2,1-4H3/b18-17-. The van der Waals surface area contributed by atoms with Gasteiger partial charge in [-0.05, 0) is 99.5 Å². The Morgan fingerprint density at radius 3 is 1.17 bits per heavy atom. The van der Waals surface area contributed by atoms with Gasteiger partial charge >= 0.3 is 0 Å². The average Bonchev–Trinajstić information content (AvgIpc) is 2.86. The van der Waals surface area contributed by atoms with Gasteiger partial charge in [0.05, 0.1) is 0 Å². The van der Waals surface area contributed by atoms with Crippen LogP contribution in [-0.2, 0) is 0 Å². The number of hydrogen-bond donors (Lipinski definition) is 0. The summed E-state index contributed by atoms with van der Waals surface area (Å²) >= 11 is 0. The monoisotopic (exact) mass is 470 g/mol. The van der Waals surface area contributed by atoms with E-state index in [0.717, 1.165) is 34.1 Å². The number of anilines is 4. The van der Waals surface area contributed by atoms with Crippen molar-refractivity contribution in [1.29, 1.82) is 0 Å². The highest BCUT2D eigenvalue weighted by molar-refractivity contribution is 5.72. The van der Waals surface area contributed by atoms with Crippen molar-refractivity contribution in [2.75, 3.05) is 9.80 Å². The van der Waals surface area contributed by atoms with Crippen LogP contribution < -0.4 is 9.80 Å². The summed E-state index contributed by atoms with van der Waals surface area (Å²) in [6.07, 6.45) is 4.09. The van der Waals surface area contributed by atoms with E-state index in [0.29, 0.717) is 0 Å². The van der Waals surface area contributed by atoms with E-state index in [2.05, 4.69) is 148 Å². The molecule has 4 rings (SSSR count). The van der Waals surface area contributed by atoms with E-state index in [-0.39, 0.29) is 0 Å². The fourth-order valence-electron chi connectivity index (χ4n) is 4.22. The summed E-state index contributed by atoms with van der Waals surface area (Å²) in [7, 11) is 0. The molecule has 0 heterocycles. The summed E-state index contributed by atoms with van der Waals surface area (Å²) in [5.41, 5.74) is 10.9. The van der Waals surface area contributed by atoms with Crippen LogP contribution in [0.3, 0.4) is 0 Å². The molecule has 2 nitrogen and oxygen atoms in total.